The highest BCUT2D eigenvalue weighted by Crippen LogP contribution is 2.45. The third-order valence-electron chi connectivity index (χ3n) is 5.14. The molecule has 1 heterocycles. The fourth-order valence-corrected chi connectivity index (χ4v) is 3.40. The van der Waals surface area contributed by atoms with E-state index in [-0.39, 0.29) is 29.1 Å². The van der Waals surface area contributed by atoms with Crippen LogP contribution in [0.25, 0.3) is 22.5 Å². The Hall–Kier alpha value is -3.52. The monoisotopic (exact) mass is 453 g/mol. The van der Waals surface area contributed by atoms with Crippen molar-refractivity contribution in [2.45, 2.75) is 53.1 Å². The summed E-state index contributed by atoms with van der Waals surface area (Å²) in [7, 11) is 0. The Kier molecular flexibility index (Phi) is 7.60. The first-order chi connectivity index (χ1) is 15.7. The van der Waals surface area contributed by atoms with Crippen LogP contribution in [0.2, 0.25) is 0 Å². The molecule has 0 aliphatic carbocycles. The highest BCUT2D eigenvalue weighted by molar-refractivity contribution is 5.87. The van der Waals surface area contributed by atoms with Crippen molar-refractivity contribution in [2.75, 3.05) is 6.54 Å². The van der Waals surface area contributed by atoms with E-state index in [1.165, 1.54) is 6.07 Å². The van der Waals surface area contributed by atoms with Gasteiger partial charge in [-0.1, -0.05) is 52.0 Å². The van der Waals surface area contributed by atoms with Gasteiger partial charge in [-0.15, -0.1) is 0 Å². The third kappa shape index (κ3) is 5.64. The number of phenolic OH excluding ortho intramolecular Hbond substituents is 2. The molecule has 0 bridgehead atoms. The number of aromatic hydroxyl groups is 2. The van der Waals surface area contributed by atoms with Crippen LogP contribution in [0.1, 0.15) is 51.7 Å². The number of ether oxygens (including phenoxy) is 1. The first-order valence-electron chi connectivity index (χ1n) is 11.1. The van der Waals surface area contributed by atoms with E-state index in [1.807, 2.05) is 38.1 Å². The van der Waals surface area contributed by atoms with Gasteiger partial charge in [0.25, 0.3) is 5.88 Å². The van der Waals surface area contributed by atoms with Crippen molar-refractivity contribution in [3.63, 3.8) is 0 Å². The van der Waals surface area contributed by atoms with Crippen LogP contribution in [0.15, 0.2) is 40.9 Å². The predicted molar refractivity (Wildman–Crippen MR) is 126 cm³/mol. The van der Waals surface area contributed by atoms with E-state index in [4.69, 9.17) is 9.26 Å². The summed E-state index contributed by atoms with van der Waals surface area (Å²) in [5.41, 5.74) is 3.21. The van der Waals surface area contributed by atoms with Gasteiger partial charge < -0.3 is 30.1 Å². The van der Waals surface area contributed by atoms with Crippen LogP contribution < -0.4 is 15.4 Å². The number of nitrogens with zero attached hydrogens (tertiary/aromatic N) is 1. The molecular weight excluding hydrogens is 422 g/mol. The predicted octanol–water partition coefficient (Wildman–Crippen LogP) is 5.15. The minimum atomic E-state index is -0.658. The summed E-state index contributed by atoms with van der Waals surface area (Å²) in [6.07, 6.45) is -0.658. The molecule has 3 aromatic rings. The first kappa shape index (κ1) is 24.1. The quantitative estimate of drug-likeness (QED) is 0.373. The van der Waals surface area contributed by atoms with Gasteiger partial charge in [0.05, 0.1) is 11.1 Å². The molecule has 176 valence electrons. The van der Waals surface area contributed by atoms with Gasteiger partial charge in [-0.25, -0.2) is 4.79 Å². The fraction of sp³-hybridized carbons (Fsp3) is 0.360. The lowest BCUT2D eigenvalue weighted by atomic mass is 9.95. The van der Waals surface area contributed by atoms with Crippen LogP contribution in [0.3, 0.4) is 0 Å². The molecule has 4 N–H and O–H groups in total. The van der Waals surface area contributed by atoms with Crippen molar-refractivity contribution in [1.29, 1.82) is 0 Å². The number of carbonyl (C=O) groups excluding carboxylic acids is 1. The molecule has 0 fully saturated rings. The normalized spacial score (nSPS) is 11.2. The van der Waals surface area contributed by atoms with Crippen LogP contribution in [0.5, 0.6) is 17.4 Å². The van der Waals surface area contributed by atoms with E-state index in [0.29, 0.717) is 41.4 Å². The van der Waals surface area contributed by atoms with Gasteiger partial charge in [-0.2, -0.15) is 0 Å². The molecule has 0 spiro atoms. The molecule has 0 unspecified atom stereocenters. The van der Waals surface area contributed by atoms with Gasteiger partial charge in [0, 0.05) is 25.2 Å². The molecule has 1 amide bonds. The summed E-state index contributed by atoms with van der Waals surface area (Å²) >= 11 is 0. The van der Waals surface area contributed by atoms with Crippen molar-refractivity contribution in [3.8, 4) is 39.8 Å². The Morgan fingerprint density at radius 3 is 2.39 bits per heavy atom. The minimum absolute atomic E-state index is 0.00637. The molecule has 0 aliphatic heterocycles. The minimum Gasteiger partial charge on any atom is -0.508 e. The van der Waals surface area contributed by atoms with E-state index in [1.54, 1.807) is 13.0 Å². The summed E-state index contributed by atoms with van der Waals surface area (Å²) in [6.45, 7) is 10.9. The second kappa shape index (κ2) is 10.4. The van der Waals surface area contributed by atoms with E-state index >= 15 is 0 Å². The number of carbonyl (C=O) groups is 1. The molecular formula is C25H31N3O5. The molecule has 0 radical (unpaired) electrons. The highest BCUT2D eigenvalue weighted by Gasteiger charge is 2.26. The van der Waals surface area contributed by atoms with Crippen molar-refractivity contribution in [2.24, 2.45) is 0 Å². The average Bonchev–Trinajstić information content (AvgIpc) is 3.15. The fourth-order valence-electron chi connectivity index (χ4n) is 3.40. The lowest BCUT2D eigenvalue weighted by Gasteiger charge is -2.13. The second-order valence-corrected chi connectivity index (χ2v) is 8.43. The van der Waals surface area contributed by atoms with Crippen molar-refractivity contribution in [3.05, 3.63) is 47.5 Å². The standard InChI is InChI=1S/C25H31N3O5/c1-6-26-25(31)32-24-22(17-9-7-16(8-10-17)13-27-15(4)5)23(33-28-24)19-11-18(14(2)3)20(29)12-21(19)30/h7-12,14-15,27,29-30H,6,13H2,1-5H3,(H,26,31). The number of hydrogen-bond donors (Lipinski definition) is 4. The number of nitrogens with one attached hydrogen (secondary N) is 2. The Balaban J connectivity index is 2.10. The number of benzene rings is 2. The topological polar surface area (TPSA) is 117 Å². The Bertz CT molecular complexity index is 1100. The molecule has 0 saturated heterocycles. The van der Waals surface area contributed by atoms with Crippen LogP contribution in [-0.2, 0) is 6.54 Å². The summed E-state index contributed by atoms with van der Waals surface area (Å²) in [4.78, 5) is 12.1. The van der Waals surface area contributed by atoms with Crippen LogP contribution >= 0.6 is 0 Å². The number of hydrogen-bond acceptors (Lipinski definition) is 7. The zero-order valence-electron chi connectivity index (χ0n) is 19.6. The van der Waals surface area contributed by atoms with Crippen molar-refractivity contribution in [1.82, 2.24) is 15.8 Å². The number of aromatic nitrogens is 1. The van der Waals surface area contributed by atoms with Gasteiger partial charge in [-0.3, -0.25) is 0 Å². The van der Waals surface area contributed by atoms with Crippen LogP contribution in [0, 0.1) is 0 Å². The van der Waals surface area contributed by atoms with Gasteiger partial charge in [0.2, 0.25) is 0 Å². The lowest BCUT2D eigenvalue weighted by Crippen LogP contribution is -2.26. The van der Waals surface area contributed by atoms with E-state index in [0.717, 1.165) is 5.56 Å². The Morgan fingerprint density at radius 1 is 1.09 bits per heavy atom. The Labute approximate surface area is 193 Å². The highest BCUT2D eigenvalue weighted by atomic mass is 16.6. The molecule has 0 atom stereocenters. The average molecular weight is 454 g/mol. The third-order valence-corrected chi connectivity index (χ3v) is 5.14. The van der Waals surface area contributed by atoms with Gasteiger partial charge in [0.15, 0.2) is 5.76 Å². The molecule has 8 nitrogen and oxygen atoms in total. The van der Waals surface area contributed by atoms with Crippen molar-refractivity contribution >= 4 is 6.09 Å². The maximum absolute atomic E-state index is 12.1. The lowest BCUT2D eigenvalue weighted by molar-refractivity contribution is 0.196. The van der Waals surface area contributed by atoms with Gasteiger partial charge >= 0.3 is 6.09 Å². The van der Waals surface area contributed by atoms with Crippen molar-refractivity contribution < 1.29 is 24.3 Å². The van der Waals surface area contributed by atoms with Gasteiger partial charge in [0.1, 0.15) is 11.5 Å². The number of amides is 1. The zero-order valence-corrected chi connectivity index (χ0v) is 19.6. The summed E-state index contributed by atoms with van der Waals surface area (Å²) < 4.78 is 11.0. The molecule has 1 aromatic heterocycles. The molecule has 33 heavy (non-hydrogen) atoms. The molecule has 3 rings (SSSR count). The smallest absolute Gasteiger partial charge is 0.414 e. The second-order valence-electron chi connectivity index (χ2n) is 8.43. The molecule has 0 aliphatic rings. The van der Waals surface area contributed by atoms with E-state index < -0.39 is 6.09 Å². The Morgan fingerprint density at radius 2 is 1.79 bits per heavy atom. The van der Waals surface area contributed by atoms with E-state index in [9.17, 15) is 15.0 Å². The maximum Gasteiger partial charge on any atom is 0.414 e. The SMILES string of the molecule is CCNC(=O)Oc1noc(-c2cc(C(C)C)c(O)cc2O)c1-c1ccc(CNC(C)C)cc1. The molecule has 2 aromatic carbocycles. The summed E-state index contributed by atoms with van der Waals surface area (Å²) in [5.74, 6) is 0.0589. The number of rotatable bonds is 8. The first-order valence-corrected chi connectivity index (χ1v) is 11.1. The summed E-state index contributed by atoms with van der Waals surface area (Å²) in [5, 5.41) is 30.7. The summed E-state index contributed by atoms with van der Waals surface area (Å²) in [6, 6.07) is 11.0. The number of phenols is 2. The maximum atomic E-state index is 12.1. The van der Waals surface area contributed by atoms with Crippen LogP contribution in [-0.4, -0.2) is 34.0 Å². The zero-order chi connectivity index (χ0) is 24.1. The molecule has 8 heteroatoms. The van der Waals surface area contributed by atoms with E-state index in [2.05, 4.69) is 29.6 Å². The largest absolute Gasteiger partial charge is 0.508 e. The molecule has 0 saturated carbocycles. The van der Waals surface area contributed by atoms with Gasteiger partial charge in [-0.05, 0) is 40.8 Å². The van der Waals surface area contributed by atoms with Crippen LogP contribution in [0.4, 0.5) is 4.79 Å².